The van der Waals surface area contributed by atoms with Crippen molar-refractivity contribution >= 4 is 17.8 Å². The fourth-order valence-corrected chi connectivity index (χ4v) is 7.01. The number of carbonyl (C=O) groups is 3. The highest BCUT2D eigenvalue weighted by Gasteiger charge is 2.20. The van der Waals surface area contributed by atoms with Crippen molar-refractivity contribution in [3.63, 3.8) is 0 Å². The predicted molar refractivity (Wildman–Crippen MR) is 234 cm³/mol. The fourth-order valence-electron chi connectivity index (χ4n) is 7.01. The molecular weight excluding hydrogens is 703 g/mol. The van der Waals surface area contributed by atoms with Crippen LogP contribution in [0.3, 0.4) is 0 Å². The Balaban J connectivity index is 4.31. The molecule has 8 nitrogen and oxygen atoms in total. The molecule has 0 saturated heterocycles. The summed E-state index contributed by atoms with van der Waals surface area (Å²) in [5, 5.41) is 18.8. The van der Waals surface area contributed by atoms with Crippen molar-refractivity contribution in [1.29, 1.82) is 0 Å². The molecule has 0 aromatic carbocycles. The van der Waals surface area contributed by atoms with Gasteiger partial charge >= 0.3 is 11.9 Å². The Morgan fingerprint density at radius 2 is 0.857 bits per heavy atom. The van der Waals surface area contributed by atoms with Crippen LogP contribution in [0.5, 0.6) is 0 Å². The lowest BCUT2D eigenvalue weighted by molar-refractivity contribution is -0.148. The van der Waals surface area contributed by atoms with Gasteiger partial charge in [0.1, 0.15) is 13.2 Å². The molecule has 1 atom stereocenters. The van der Waals surface area contributed by atoms with Gasteiger partial charge in [-0.3, -0.25) is 14.4 Å². The van der Waals surface area contributed by atoms with E-state index in [-0.39, 0.29) is 69.7 Å². The van der Waals surface area contributed by atoms with Crippen molar-refractivity contribution in [3.8, 4) is 0 Å². The summed E-state index contributed by atoms with van der Waals surface area (Å²) in [6.45, 7) is 5.18. The molecule has 0 aliphatic heterocycles. The molecule has 0 aliphatic rings. The van der Waals surface area contributed by atoms with Crippen molar-refractivity contribution in [2.24, 2.45) is 5.92 Å². The van der Waals surface area contributed by atoms with E-state index in [9.17, 15) is 24.6 Å². The lowest BCUT2D eigenvalue weighted by Crippen LogP contribution is -2.38. The normalized spacial score (nSPS) is 12.1. The van der Waals surface area contributed by atoms with Crippen LogP contribution in [0.4, 0.5) is 0 Å². The van der Waals surface area contributed by atoms with Crippen LogP contribution in [-0.2, 0) is 23.9 Å². The van der Waals surface area contributed by atoms with Gasteiger partial charge in [-0.25, -0.2) is 0 Å². The standard InChI is InChI=1S/C48H89NO7/c1-3-5-7-9-11-13-15-17-19-21-23-25-27-29-31-35-47(53)55-42-38-49(46(52)44-45(37-41-51)34-33-40-50)39-43-56-48(54)36-32-30-28-26-24-22-20-18-16-14-12-10-8-6-4-2/h17-20,45,50-51H,3-16,21-44H2,1-2H3/b19-17-,20-18-. The van der Waals surface area contributed by atoms with Gasteiger partial charge in [0, 0.05) is 32.5 Å². The zero-order chi connectivity index (χ0) is 41.0. The third kappa shape index (κ3) is 38.7. The van der Waals surface area contributed by atoms with Crippen LogP contribution in [0, 0.1) is 5.92 Å². The molecular formula is C48H89NO7. The minimum atomic E-state index is -0.248. The van der Waals surface area contributed by atoms with Gasteiger partial charge in [0.25, 0.3) is 0 Å². The van der Waals surface area contributed by atoms with Crippen LogP contribution in [0.2, 0.25) is 0 Å². The summed E-state index contributed by atoms with van der Waals surface area (Å²) < 4.78 is 11.0. The first-order valence-electron chi connectivity index (χ1n) is 23.6. The van der Waals surface area contributed by atoms with Gasteiger partial charge in [-0.1, -0.05) is 141 Å². The number of esters is 2. The second-order valence-electron chi connectivity index (χ2n) is 15.9. The van der Waals surface area contributed by atoms with Gasteiger partial charge in [-0.15, -0.1) is 0 Å². The number of allylic oxidation sites excluding steroid dienone is 4. The summed E-state index contributed by atoms with van der Waals surface area (Å²) in [6.07, 6.45) is 43.3. The SMILES string of the molecule is CCCCCCCC/C=C\CCCCCCCC(=O)OCCN(CCOC(=O)CCCCCCC/C=C\CCCCCCCC)C(=O)CC(CCO)CCCO. The van der Waals surface area contributed by atoms with Crippen LogP contribution in [-0.4, -0.2) is 72.5 Å². The van der Waals surface area contributed by atoms with Crippen molar-refractivity contribution in [1.82, 2.24) is 4.90 Å². The number of amides is 1. The predicted octanol–water partition coefficient (Wildman–Crippen LogP) is 12.1. The fraction of sp³-hybridized carbons (Fsp3) is 0.854. The minimum Gasteiger partial charge on any atom is -0.464 e. The van der Waals surface area contributed by atoms with E-state index >= 15 is 0 Å². The van der Waals surface area contributed by atoms with Crippen molar-refractivity contribution in [2.75, 3.05) is 39.5 Å². The number of ether oxygens (including phenoxy) is 2. The van der Waals surface area contributed by atoms with Crippen LogP contribution >= 0.6 is 0 Å². The summed E-state index contributed by atoms with van der Waals surface area (Å²) in [5.74, 6) is -0.664. The molecule has 0 saturated carbocycles. The van der Waals surface area contributed by atoms with E-state index in [0.29, 0.717) is 32.1 Å². The van der Waals surface area contributed by atoms with Crippen LogP contribution < -0.4 is 0 Å². The molecule has 1 amide bonds. The van der Waals surface area contributed by atoms with E-state index in [1.165, 1.54) is 116 Å². The third-order valence-electron chi connectivity index (χ3n) is 10.7. The Morgan fingerprint density at radius 1 is 0.482 bits per heavy atom. The Morgan fingerprint density at radius 3 is 1.23 bits per heavy atom. The summed E-state index contributed by atoms with van der Waals surface area (Å²) in [4.78, 5) is 39.8. The Kier molecular flexibility index (Phi) is 42.2. The molecule has 0 spiro atoms. The molecule has 0 fully saturated rings. The summed E-state index contributed by atoms with van der Waals surface area (Å²) in [5.41, 5.74) is 0. The molecule has 0 bridgehead atoms. The van der Waals surface area contributed by atoms with Gasteiger partial charge in [-0.2, -0.15) is 0 Å². The largest absolute Gasteiger partial charge is 0.464 e. The number of rotatable bonds is 43. The molecule has 1 unspecified atom stereocenters. The molecule has 0 rings (SSSR count). The van der Waals surface area contributed by atoms with Gasteiger partial charge < -0.3 is 24.6 Å². The molecule has 0 heterocycles. The molecule has 0 radical (unpaired) electrons. The average Bonchev–Trinajstić information content (AvgIpc) is 3.19. The zero-order valence-electron chi connectivity index (χ0n) is 36.6. The third-order valence-corrected chi connectivity index (χ3v) is 10.7. The molecule has 0 aromatic heterocycles. The first kappa shape index (κ1) is 53.8. The Labute approximate surface area is 345 Å². The molecule has 0 aromatic rings. The lowest BCUT2D eigenvalue weighted by atomic mass is 9.95. The number of aliphatic hydroxyl groups is 2. The minimum absolute atomic E-state index is 0.0225. The highest BCUT2D eigenvalue weighted by molar-refractivity contribution is 5.76. The molecule has 328 valence electrons. The van der Waals surface area contributed by atoms with Crippen LogP contribution in [0.25, 0.3) is 0 Å². The van der Waals surface area contributed by atoms with Crippen molar-refractivity contribution < 1.29 is 34.1 Å². The summed E-state index contributed by atoms with van der Waals surface area (Å²) >= 11 is 0. The molecule has 0 aliphatic carbocycles. The van der Waals surface area contributed by atoms with E-state index in [1.54, 1.807) is 4.90 Å². The highest BCUT2D eigenvalue weighted by Crippen LogP contribution is 2.18. The molecule has 8 heteroatoms. The number of unbranched alkanes of at least 4 members (excludes halogenated alkanes) is 22. The van der Waals surface area contributed by atoms with E-state index in [0.717, 1.165) is 51.4 Å². The van der Waals surface area contributed by atoms with E-state index in [4.69, 9.17) is 9.47 Å². The topological polar surface area (TPSA) is 113 Å². The van der Waals surface area contributed by atoms with Crippen LogP contribution in [0.15, 0.2) is 24.3 Å². The first-order chi connectivity index (χ1) is 27.5. The lowest BCUT2D eigenvalue weighted by Gasteiger charge is -2.25. The summed E-state index contributed by atoms with van der Waals surface area (Å²) in [6, 6.07) is 0. The van der Waals surface area contributed by atoms with E-state index < -0.39 is 0 Å². The number of carbonyl (C=O) groups excluding carboxylic acids is 3. The Bertz CT molecular complexity index is 878. The Hall–Kier alpha value is -2.19. The second kappa shape index (κ2) is 43.9. The monoisotopic (exact) mass is 792 g/mol. The van der Waals surface area contributed by atoms with Gasteiger partial charge in [0.2, 0.25) is 5.91 Å². The molecule has 56 heavy (non-hydrogen) atoms. The van der Waals surface area contributed by atoms with E-state index in [1.807, 2.05) is 0 Å². The number of hydrogen-bond acceptors (Lipinski definition) is 7. The summed E-state index contributed by atoms with van der Waals surface area (Å²) in [7, 11) is 0. The number of aliphatic hydroxyl groups excluding tert-OH is 2. The average molecular weight is 792 g/mol. The maximum absolute atomic E-state index is 13.3. The van der Waals surface area contributed by atoms with Gasteiger partial charge in [0.15, 0.2) is 0 Å². The second-order valence-corrected chi connectivity index (χ2v) is 15.9. The first-order valence-corrected chi connectivity index (χ1v) is 23.6. The zero-order valence-corrected chi connectivity index (χ0v) is 36.6. The number of hydrogen-bond donors (Lipinski definition) is 2. The maximum atomic E-state index is 13.3. The van der Waals surface area contributed by atoms with Crippen molar-refractivity contribution in [2.45, 2.75) is 219 Å². The van der Waals surface area contributed by atoms with E-state index in [2.05, 4.69) is 38.2 Å². The highest BCUT2D eigenvalue weighted by atomic mass is 16.5. The van der Waals surface area contributed by atoms with Crippen LogP contribution in [0.1, 0.15) is 219 Å². The quantitative estimate of drug-likeness (QED) is 0.0359. The van der Waals surface area contributed by atoms with Gasteiger partial charge in [0.05, 0.1) is 13.1 Å². The smallest absolute Gasteiger partial charge is 0.305 e. The van der Waals surface area contributed by atoms with Crippen molar-refractivity contribution in [3.05, 3.63) is 24.3 Å². The molecule has 2 N–H and O–H groups in total. The maximum Gasteiger partial charge on any atom is 0.305 e. The number of nitrogens with zero attached hydrogens (tertiary/aromatic N) is 1. The van der Waals surface area contributed by atoms with Gasteiger partial charge in [-0.05, 0) is 89.4 Å².